The third-order valence-electron chi connectivity index (χ3n) is 4.63. The molecular formula is C24H21N3O5. The molecule has 0 aliphatic carbocycles. The molecule has 162 valence electrons. The van der Waals surface area contributed by atoms with Crippen molar-refractivity contribution in [1.29, 1.82) is 0 Å². The van der Waals surface area contributed by atoms with E-state index in [9.17, 15) is 4.79 Å². The van der Waals surface area contributed by atoms with E-state index in [0.29, 0.717) is 28.6 Å². The third-order valence-corrected chi connectivity index (χ3v) is 4.63. The molecule has 4 rings (SSSR count). The minimum absolute atomic E-state index is 0.185. The number of para-hydroxylation sites is 3. The Bertz CT molecular complexity index is 1200. The zero-order valence-electron chi connectivity index (χ0n) is 17.6. The topological polar surface area (TPSA) is 95.7 Å². The Kier molecular flexibility index (Phi) is 6.31. The first kappa shape index (κ1) is 20.9. The molecule has 8 heteroatoms. The molecule has 0 unspecified atom stereocenters. The van der Waals surface area contributed by atoms with Crippen LogP contribution in [0, 0.1) is 0 Å². The number of carbonyl (C=O) groups excluding carboxylic acids is 1. The van der Waals surface area contributed by atoms with E-state index < -0.39 is 0 Å². The van der Waals surface area contributed by atoms with Gasteiger partial charge in [0.2, 0.25) is 5.82 Å². The summed E-state index contributed by atoms with van der Waals surface area (Å²) < 4.78 is 21.4. The second-order valence-corrected chi connectivity index (χ2v) is 6.68. The van der Waals surface area contributed by atoms with Crippen LogP contribution in [0.4, 0.5) is 5.69 Å². The molecule has 0 spiro atoms. The van der Waals surface area contributed by atoms with Crippen LogP contribution in [0.3, 0.4) is 0 Å². The number of rotatable bonds is 8. The van der Waals surface area contributed by atoms with Crippen molar-refractivity contribution >= 4 is 11.6 Å². The van der Waals surface area contributed by atoms with Gasteiger partial charge < -0.3 is 24.1 Å². The summed E-state index contributed by atoms with van der Waals surface area (Å²) in [5.74, 6) is 2.16. The van der Waals surface area contributed by atoms with Crippen molar-refractivity contribution in [2.24, 2.45) is 0 Å². The van der Waals surface area contributed by atoms with E-state index in [1.165, 1.54) is 0 Å². The number of ether oxygens (including phenoxy) is 3. The van der Waals surface area contributed by atoms with E-state index in [-0.39, 0.29) is 18.4 Å². The molecule has 1 N–H and O–H groups in total. The van der Waals surface area contributed by atoms with Crippen LogP contribution in [0.25, 0.3) is 22.8 Å². The first-order chi connectivity index (χ1) is 15.7. The maximum atomic E-state index is 12.5. The highest BCUT2D eigenvalue weighted by molar-refractivity contribution is 5.95. The van der Waals surface area contributed by atoms with Gasteiger partial charge in [-0.2, -0.15) is 4.98 Å². The lowest BCUT2D eigenvalue weighted by Gasteiger charge is -2.11. The van der Waals surface area contributed by atoms with E-state index in [0.717, 1.165) is 11.3 Å². The minimum Gasteiger partial charge on any atom is -0.497 e. The number of nitrogens with one attached hydrogen (secondary N) is 1. The van der Waals surface area contributed by atoms with Gasteiger partial charge in [-0.05, 0) is 48.5 Å². The largest absolute Gasteiger partial charge is 0.497 e. The first-order valence-electron chi connectivity index (χ1n) is 9.81. The quantitative estimate of drug-likeness (QED) is 0.441. The SMILES string of the molecule is COc1ccc(-c2noc(-c3ccccc3NC(=O)COc3ccccc3OC)n2)cc1. The predicted octanol–water partition coefficient (Wildman–Crippen LogP) is 4.44. The Morgan fingerprint density at radius 1 is 0.906 bits per heavy atom. The number of carbonyl (C=O) groups is 1. The van der Waals surface area contributed by atoms with Gasteiger partial charge in [0.25, 0.3) is 11.8 Å². The van der Waals surface area contributed by atoms with Crippen LogP contribution in [0.5, 0.6) is 17.2 Å². The molecular weight excluding hydrogens is 410 g/mol. The molecule has 0 aliphatic heterocycles. The fourth-order valence-corrected chi connectivity index (χ4v) is 3.04. The summed E-state index contributed by atoms with van der Waals surface area (Å²) in [6.07, 6.45) is 0. The van der Waals surface area contributed by atoms with Gasteiger partial charge in [-0.25, -0.2) is 0 Å². The molecule has 0 saturated heterocycles. The summed E-state index contributed by atoms with van der Waals surface area (Å²) in [6.45, 7) is -0.185. The zero-order valence-corrected chi connectivity index (χ0v) is 17.6. The maximum Gasteiger partial charge on any atom is 0.262 e. The highest BCUT2D eigenvalue weighted by atomic mass is 16.5. The monoisotopic (exact) mass is 431 g/mol. The number of amides is 1. The fraction of sp³-hybridized carbons (Fsp3) is 0.125. The molecule has 8 nitrogen and oxygen atoms in total. The molecule has 1 heterocycles. The number of benzene rings is 3. The number of anilines is 1. The van der Waals surface area contributed by atoms with Crippen LogP contribution < -0.4 is 19.5 Å². The predicted molar refractivity (Wildman–Crippen MR) is 119 cm³/mol. The summed E-state index contributed by atoms with van der Waals surface area (Å²) in [5, 5.41) is 6.89. The normalized spacial score (nSPS) is 10.4. The van der Waals surface area contributed by atoms with Crippen molar-refractivity contribution in [1.82, 2.24) is 10.1 Å². The molecule has 1 aromatic heterocycles. The van der Waals surface area contributed by atoms with Crippen molar-refractivity contribution in [3.8, 4) is 40.1 Å². The van der Waals surface area contributed by atoms with E-state index in [2.05, 4.69) is 15.5 Å². The van der Waals surface area contributed by atoms with Gasteiger partial charge in [0.1, 0.15) is 5.75 Å². The minimum atomic E-state index is -0.335. The van der Waals surface area contributed by atoms with Crippen LogP contribution in [0.15, 0.2) is 77.3 Å². The molecule has 0 aliphatic rings. The highest BCUT2D eigenvalue weighted by Gasteiger charge is 2.16. The Balaban J connectivity index is 1.48. The highest BCUT2D eigenvalue weighted by Crippen LogP contribution is 2.29. The number of hydrogen-bond donors (Lipinski definition) is 1. The van der Waals surface area contributed by atoms with Gasteiger partial charge in [0.05, 0.1) is 25.5 Å². The Hall–Kier alpha value is -4.33. The maximum absolute atomic E-state index is 12.5. The fourth-order valence-electron chi connectivity index (χ4n) is 3.04. The molecule has 0 bridgehead atoms. The Morgan fingerprint density at radius 2 is 1.62 bits per heavy atom. The standard InChI is InChI=1S/C24H21N3O5/c1-29-17-13-11-16(12-14-17)23-26-24(32-27-23)18-7-3-4-8-19(18)25-22(28)15-31-21-10-6-5-9-20(21)30-2/h3-14H,15H2,1-2H3,(H,25,28). The molecule has 32 heavy (non-hydrogen) atoms. The van der Waals surface area contributed by atoms with Gasteiger partial charge in [-0.1, -0.05) is 29.4 Å². The summed E-state index contributed by atoms with van der Waals surface area (Å²) in [6, 6.07) is 21.6. The molecule has 0 atom stereocenters. The van der Waals surface area contributed by atoms with Crippen molar-refractivity contribution in [2.45, 2.75) is 0 Å². The molecule has 0 radical (unpaired) electrons. The smallest absolute Gasteiger partial charge is 0.262 e. The number of hydrogen-bond acceptors (Lipinski definition) is 7. The summed E-state index contributed by atoms with van der Waals surface area (Å²) in [5.41, 5.74) is 1.92. The molecule has 1 amide bonds. The van der Waals surface area contributed by atoms with Crippen LogP contribution in [-0.2, 0) is 4.79 Å². The van der Waals surface area contributed by atoms with Crippen LogP contribution in [0.2, 0.25) is 0 Å². The molecule has 4 aromatic rings. The summed E-state index contributed by atoms with van der Waals surface area (Å²) >= 11 is 0. The van der Waals surface area contributed by atoms with E-state index in [1.54, 1.807) is 50.6 Å². The lowest BCUT2D eigenvalue weighted by atomic mass is 10.1. The van der Waals surface area contributed by atoms with Gasteiger partial charge in [-0.3, -0.25) is 4.79 Å². The molecule has 3 aromatic carbocycles. The number of aromatic nitrogens is 2. The summed E-state index contributed by atoms with van der Waals surface area (Å²) in [7, 11) is 3.15. The van der Waals surface area contributed by atoms with E-state index >= 15 is 0 Å². The second-order valence-electron chi connectivity index (χ2n) is 6.68. The van der Waals surface area contributed by atoms with Crippen LogP contribution in [-0.4, -0.2) is 36.9 Å². The van der Waals surface area contributed by atoms with Gasteiger partial charge in [0.15, 0.2) is 18.1 Å². The average molecular weight is 431 g/mol. The van der Waals surface area contributed by atoms with E-state index in [1.807, 2.05) is 36.4 Å². The lowest BCUT2D eigenvalue weighted by molar-refractivity contribution is -0.118. The van der Waals surface area contributed by atoms with Crippen LogP contribution >= 0.6 is 0 Å². The summed E-state index contributed by atoms with van der Waals surface area (Å²) in [4.78, 5) is 17.0. The average Bonchev–Trinajstić information content (AvgIpc) is 3.33. The van der Waals surface area contributed by atoms with Crippen molar-refractivity contribution < 1.29 is 23.5 Å². The van der Waals surface area contributed by atoms with Crippen molar-refractivity contribution in [2.75, 3.05) is 26.1 Å². The third kappa shape index (κ3) is 4.70. The van der Waals surface area contributed by atoms with Gasteiger partial charge >= 0.3 is 0 Å². The van der Waals surface area contributed by atoms with Crippen molar-refractivity contribution in [3.05, 3.63) is 72.8 Å². The van der Waals surface area contributed by atoms with Gasteiger partial charge in [-0.15, -0.1) is 0 Å². The lowest BCUT2D eigenvalue weighted by Crippen LogP contribution is -2.20. The molecule has 0 saturated carbocycles. The first-order valence-corrected chi connectivity index (χ1v) is 9.81. The van der Waals surface area contributed by atoms with Gasteiger partial charge in [0, 0.05) is 5.56 Å². The second kappa shape index (κ2) is 9.65. The number of methoxy groups -OCH3 is 2. The van der Waals surface area contributed by atoms with Crippen LogP contribution in [0.1, 0.15) is 0 Å². The number of nitrogens with zero attached hydrogens (tertiary/aromatic N) is 2. The Morgan fingerprint density at radius 3 is 2.38 bits per heavy atom. The zero-order chi connectivity index (χ0) is 22.3. The molecule has 0 fully saturated rings. The van der Waals surface area contributed by atoms with Crippen molar-refractivity contribution in [3.63, 3.8) is 0 Å². The Labute approximate surface area is 184 Å². The van der Waals surface area contributed by atoms with E-state index in [4.69, 9.17) is 18.7 Å².